The van der Waals surface area contributed by atoms with Crippen molar-refractivity contribution >= 4 is 33.3 Å². The predicted molar refractivity (Wildman–Crippen MR) is 97.0 cm³/mol. The van der Waals surface area contributed by atoms with Crippen molar-refractivity contribution in [2.75, 3.05) is 12.4 Å². The number of thiophene rings is 1. The molecule has 0 amide bonds. The summed E-state index contributed by atoms with van der Waals surface area (Å²) in [6.07, 6.45) is 0. The number of fused-ring (bicyclic) bond motifs is 1. The Hall–Kier alpha value is -1.86. The van der Waals surface area contributed by atoms with Gasteiger partial charge in [0.25, 0.3) is 5.56 Å². The topological polar surface area (TPSA) is 44.1 Å². The fourth-order valence-corrected chi connectivity index (χ4v) is 4.19. The van der Waals surface area contributed by atoms with Crippen LogP contribution in [0.25, 0.3) is 10.2 Å². The molecule has 0 unspecified atom stereocenters. The van der Waals surface area contributed by atoms with Crippen LogP contribution in [-0.4, -0.2) is 21.9 Å². The summed E-state index contributed by atoms with van der Waals surface area (Å²) in [4.78, 5) is 19.0. The van der Waals surface area contributed by atoms with E-state index in [1.165, 1.54) is 29.2 Å². The molecule has 0 fully saturated rings. The molecule has 3 rings (SSSR count). The fraction of sp³-hybridized carbons (Fsp3) is 0.294. The summed E-state index contributed by atoms with van der Waals surface area (Å²) in [5.41, 5.74) is 0.974. The van der Waals surface area contributed by atoms with Gasteiger partial charge in [-0.15, -0.1) is 11.3 Å². The van der Waals surface area contributed by atoms with Crippen molar-refractivity contribution < 1.29 is 9.13 Å². The van der Waals surface area contributed by atoms with E-state index in [0.29, 0.717) is 22.9 Å². The van der Waals surface area contributed by atoms with Gasteiger partial charge in [-0.25, -0.2) is 9.37 Å². The highest BCUT2D eigenvalue weighted by atomic mass is 32.2. The molecule has 2 heterocycles. The van der Waals surface area contributed by atoms with Crippen LogP contribution in [0.15, 0.2) is 34.2 Å². The molecule has 0 bridgehead atoms. The molecule has 2 aromatic heterocycles. The smallest absolute Gasteiger partial charge is 0.262 e. The summed E-state index contributed by atoms with van der Waals surface area (Å²) in [6.45, 7) is 4.28. The molecule has 0 atom stereocenters. The van der Waals surface area contributed by atoms with E-state index in [1.807, 2.05) is 13.8 Å². The van der Waals surface area contributed by atoms with Gasteiger partial charge in [-0.2, -0.15) is 0 Å². The third-order valence-corrected chi connectivity index (χ3v) is 5.87. The van der Waals surface area contributed by atoms with Crippen LogP contribution < -0.4 is 10.3 Å². The third kappa shape index (κ3) is 3.18. The summed E-state index contributed by atoms with van der Waals surface area (Å²) in [5.74, 6) is 0.433. The van der Waals surface area contributed by atoms with Gasteiger partial charge in [0.05, 0.1) is 12.0 Å². The van der Waals surface area contributed by atoms with Crippen LogP contribution in [0, 0.1) is 19.7 Å². The van der Waals surface area contributed by atoms with Crippen LogP contribution in [-0.2, 0) is 7.05 Å². The van der Waals surface area contributed by atoms with Gasteiger partial charge in [-0.05, 0) is 31.5 Å². The molecule has 0 aliphatic carbocycles. The number of hydrogen-bond acceptors (Lipinski definition) is 5. The number of benzene rings is 1. The normalized spacial score (nSPS) is 11.2. The number of thioether (sulfide) groups is 1. The van der Waals surface area contributed by atoms with Gasteiger partial charge < -0.3 is 4.74 Å². The first-order valence-corrected chi connectivity index (χ1v) is 9.26. The molecule has 24 heavy (non-hydrogen) atoms. The van der Waals surface area contributed by atoms with Crippen LogP contribution in [0.5, 0.6) is 5.75 Å². The van der Waals surface area contributed by atoms with Crippen molar-refractivity contribution in [3.8, 4) is 5.75 Å². The molecule has 0 aliphatic heterocycles. The van der Waals surface area contributed by atoms with Gasteiger partial charge in [0.15, 0.2) is 16.7 Å². The predicted octanol–water partition coefficient (Wildman–Crippen LogP) is 3.92. The zero-order valence-corrected chi connectivity index (χ0v) is 15.3. The van der Waals surface area contributed by atoms with E-state index in [-0.39, 0.29) is 17.1 Å². The van der Waals surface area contributed by atoms with Gasteiger partial charge in [0.1, 0.15) is 4.83 Å². The van der Waals surface area contributed by atoms with E-state index in [1.54, 1.807) is 29.8 Å². The number of halogens is 1. The molecule has 0 spiro atoms. The molecule has 0 saturated carbocycles. The lowest BCUT2D eigenvalue weighted by molar-refractivity contribution is 0.325. The second-order valence-corrected chi connectivity index (χ2v) is 7.61. The van der Waals surface area contributed by atoms with Crippen molar-refractivity contribution in [2.45, 2.75) is 19.0 Å². The monoisotopic (exact) mass is 364 g/mol. The van der Waals surface area contributed by atoms with Gasteiger partial charge in [-0.3, -0.25) is 9.36 Å². The summed E-state index contributed by atoms with van der Waals surface area (Å²) in [6, 6.07) is 6.31. The lowest BCUT2D eigenvalue weighted by Crippen LogP contribution is -2.20. The molecule has 3 aromatic rings. The van der Waals surface area contributed by atoms with Gasteiger partial charge in [0.2, 0.25) is 0 Å². The lowest BCUT2D eigenvalue weighted by Gasteiger charge is -2.09. The number of aromatic nitrogens is 2. The first-order chi connectivity index (χ1) is 11.5. The number of ether oxygens (including phenoxy) is 1. The maximum Gasteiger partial charge on any atom is 0.262 e. The SMILES string of the molecule is Cc1sc2nc(SCCOc3ccccc3F)n(C)c(=O)c2c1C. The summed E-state index contributed by atoms with van der Waals surface area (Å²) < 4.78 is 20.5. The van der Waals surface area contributed by atoms with Crippen molar-refractivity contribution in [1.82, 2.24) is 9.55 Å². The molecule has 7 heteroatoms. The molecule has 0 saturated heterocycles. The minimum atomic E-state index is -0.376. The Labute approximate surface area is 147 Å². The Balaban J connectivity index is 1.73. The lowest BCUT2D eigenvalue weighted by atomic mass is 10.2. The third-order valence-electron chi connectivity index (χ3n) is 3.78. The Bertz CT molecular complexity index is 950. The Kier molecular flexibility index (Phi) is 4.91. The van der Waals surface area contributed by atoms with Crippen molar-refractivity contribution in [2.24, 2.45) is 7.05 Å². The maximum absolute atomic E-state index is 13.5. The van der Waals surface area contributed by atoms with Crippen LogP contribution in [0.2, 0.25) is 0 Å². The summed E-state index contributed by atoms with van der Waals surface area (Å²) in [7, 11) is 1.72. The molecule has 0 radical (unpaired) electrons. The van der Waals surface area contributed by atoms with Crippen molar-refractivity contribution in [1.29, 1.82) is 0 Å². The second kappa shape index (κ2) is 6.94. The van der Waals surface area contributed by atoms with E-state index in [0.717, 1.165) is 15.3 Å². The minimum Gasteiger partial charge on any atom is -0.490 e. The molecule has 4 nitrogen and oxygen atoms in total. The first-order valence-electron chi connectivity index (χ1n) is 7.46. The summed E-state index contributed by atoms with van der Waals surface area (Å²) in [5, 5.41) is 1.35. The molecule has 126 valence electrons. The minimum absolute atomic E-state index is 0.0284. The quantitative estimate of drug-likeness (QED) is 0.391. The highest BCUT2D eigenvalue weighted by molar-refractivity contribution is 7.99. The number of rotatable bonds is 5. The number of para-hydroxylation sites is 1. The Morgan fingerprint density at radius 3 is 2.83 bits per heavy atom. The van der Waals surface area contributed by atoms with Gasteiger partial charge >= 0.3 is 0 Å². The molecular weight excluding hydrogens is 347 g/mol. The zero-order valence-electron chi connectivity index (χ0n) is 13.6. The van der Waals surface area contributed by atoms with Crippen molar-refractivity contribution in [3.05, 3.63) is 50.9 Å². The van der Waals surface area contributed by atoms with Crippen LogP contribution >= 0.6 is 23.1 Å². The Morgan fingerprint density at radius 2 is 2.08 bits per heavy atom. The van der Waals surface area contributed by atoms with Crippen LogP contribution in [0.4, 0.5) is 4.39 Å². The zero-order chi connectivity index (χ0) is 17.3. The number of hydrogen-bond donors (Lipinski definition) is 0. The van der Waals surface area contributed by atoms with E-state index < -0.39 is 0 Å². The second-order valence-electron chi connectivity index (χ2n) is 5.35. The van der Waals surface area contributed by atoms with E-state index >= 15 is 0 Å². The molecule has 0 N–H and O–H groups in total. The van der Waals surface area contributed by atoms with E-state index in [9.17, 15) is 9.18 Å². The van der Waals surface area contributed by atoms with Crippen LogP contribution in [0.3, 0.4) is 0 Å². The molecular formula is C17H17FN2O2S2. The molecule has 1 aromatic carbocycles. The summed E-state index contributed by atoms with van der Waals surface area (Å²) >= 11 is 2.96. The number of aryl methyl sites for hydroxylation is 2. The van der Waals surface area contributed by atoms with Gasteiger partial charge in [0, 0.05) is 17.7 Å². The van der Waals surface area contributed by atoms with Gasteiger partial charge in [-0.1, -0.05) is 23.9 Å². The molecule has 0 aliphatic rings. The van der Waals surface area contributed by atoms with E-state index in [2.05, 4.69) is 4.98 Å². The van der Waals surface area contributed by atoms with Crippen LogP contribution in [0.1, 0.15) is 10.4 Å². The highest BCUT2D eigenvalue weighted by Gasteiger charge is 2.14. The first kappa shape index (κ1) is 17.0. The van der Waals surface area contributed by atoms with E-state index in [4.69, 9.17) is 4.74 Å². The Morgan fingerprint density at radius 1 is 1.33 bits per heavy atom. The number of nitrogens with zero attached hydrogens (tertiary/aromatic N) is 2. The standard InChI is InChI=1S/C17H17FN2O2S2/c1-10-11(2)24-15-14(10)16(21)20(3)17(19-15)23-9-8-22-13-7-5-4-6-12(13)18/h4-7H,8-9H2,1-3H3. The maximum atomic E-state index is 13.5. The highest BCUT2D eigenvalue weighted by Crippen LogP contribution is 2.28. The average molecular weight is 364 g/mol. The van der Waals surface area contributed by atoms with Crippen molar-refractivity contribution in [3.63, 3.8) is 0 Å². The average Bonchev–Trinajstić information content (AvgIpc) is 2.84. The fourth-order valence-electron chi connectivity index (χ4n) is 2.33. The largest absolute Gasteiger partial charge is 0.490 e.